The first kappa shape index (κ1) is 20.9. The van der Waals surface area contributed by atoms with Gasteiger partial charge in [0.05, 0.1) is 5.92 Å². The average Bonchev–Trinajstić information content (AvgIpc) is 2.61. The van der Waals surface area contributed by atoms with E-state index in [0.29, 0.717) is 10.8 Å². The second kappa shape index (κ2) is 8.52. The highest BCUT2D eigenvalue weighted by Crippen LogP contribution is 2.34. The van der Waals surface area contributed by atoms with Gasteiger partial charge in [0.1, 0.15) is 17.2 Å². The molecule has 0 aliphatic rings. The molecule has 0 N–H and O–H groups in total. The van der Waals surface area contributed by atoms with Crippen molar-refractivity contribution < 1.29 is 28.6 Å². The zero-order valence-electron chi connectivity index (χ0n) is 16.3. The molecular formula is C22H22O6. The maximum absolute atomic E-state index is 12.1. The summed E-state index contributed by atoms with van der Waals surface area (Å²) in [6.07, 6.45) is 0. The van der Waals surface area contributed by atoms with E-state index in [2.05, 4.69) is 13.2 Å². The summed E-state index contributed by atoms with van der Waals surface area (Å²) < 4.78 is 16.0. The predicted octanol–water partition coefficient (Wildman–Crippen LogP) is 4.36. The second-order valence-corrected chi connectivity index (χ2v) is 6.72. The van der Waals surface area contributed by atoms with E-state index in [1.165, 1.54) is 13.0 Å². The van der Waals surface area contributed by atoms with Crippen LogP contribution in [0.4, 0.5) is 0 Å². The molecule has 0 spiro atoms. The summed E-state index contributed by atoms with van der Waals surface area (Å²) >= 11 is 0. The third-order valence-electron chi connectivity index (χ3n) is 3.66. The van der Waals surface area contributed by atoms with Crippen LogP contribution >= 0.6 is 0 Å². The Balaban J connectivity index is 2.53. The molecule has 6 heteroatoms. The van der Waals surface area contributed by atoms with Gasteiger partial charge in [-0.3, -0.25) is 4.79 Å². The highest BCUT2D eigenvalue weighted by Gasteiger charge is 2.16. The molecule has 0 radical (unpaired) electrons. The quantitative estimate of drug-likeness (QED) is 0.419. The summed E-state index contributed by atoms with van der Waals surface area (Å²) in [6.45, 7) is 13.6. The number of esters is 3. The first-order valence-corrected chi connectivity index (χ1v) is 8.63. The van der Waals surface area contributed by atoms with Crippen molar-refractivity contribution in [3.8, 4) is 17.2 Å². The molecule has 0 heterocycles. The summed E-state index contributed by atoms with van der Waals surface area (Å²) in [5.74, 6) is -1.30. The summed E-state index contributed by atoms with van der Waals surface area (Å²) in [5.41, 5.74) is 0.497. The molecule has 0 bridgehead atoms. The summed E-state index contributed by atoms with van der Waals surface area (Å²) in [7, 11) is 0. The molecule has 6 nitrogen and oxygen atoms in total. The third kappa shape index (κ3) is 5.07. The van der Waals surface area contributed by atoms with Gasteiger partial charge in [-0.1, -0.05) is 33.1 Å². The number of rotatable bonds is 6. The Labute approximate surface area is 163 Å². The number of benzene rings is 2. The van der Waals surface area contributed by atoms with E-state index in [1.807, 2.05) is 0 Å². The topological polar surface area (TPSA) is 78.9 Å². The van der Waals surface area contributed by atoms with Crippen LogP contribution in [0.15, 0.2) is 54.6 Å². The number of hydrogen-bond acceptors (Lipinski definition) is 6. The molecule has 0 fully saturated rings. The lowest BCUT2D eigenvalue weighted by molar-refractivity contribution is -0.137. The maximum Gasteiger partial charge on any atom is 0.338 e. The van der Waals surface area contributed by atoms with Gasteiger partial charge in [-0.25, -0.2) is 9.59 Å². The van der Waals surface area contributed by atoms with E-state index in [1.54, 1.807) is 45.0 Å². The lowest BCUT2D eigenvalue weighted by atomic mass is 10.1. The van der Waals surface area contributed by atoms with Crippen molar-refractivity contribution in [3.63, 3.8) is 0 Å². The van der Waals surface area contributed by atoms with E-state index in [9.17, 15) is 14.4 Å². The predicted molar refractivity (Wildman–Crippen MR) is 105 cm³/mol. The van der Waals surface area contributed by atoms with E-state index < -0.39 is 17.9 Å². The van der Waals surface area contributed by atoms with Crippen LogP contribution < -0.4 is 14.2 Å². The Kier molecular flexibility index (Phi) is 6.36. The molecule has 0 saturated carbocycles. The van der Waals surface area contributed by atoms with Crippen molar-refractivity contribution in [2.45, 2.75) is 27.7 Å². The van der Waals surface area contributed by atoms with Gasteiger partial charge in [0.25, 0.3) is 0 Å². The van der Waals surface area contributed by atoms with Crippen molar-refractivity contribution in [1.29, 1.82) is 0 Å². The van der Waals surface area contributed by atoms with Crippen molar-refractivity contribution in [2.75, 3.05) is 0 Å². The molecular weight excluding hydrogens is 360 g/mol. The van der Waals surface area contributed by atoms with Crippen molar-refractivity contribution in [3.05, 3.63) is 54.6 Å². The number of fused-ring (bicyclic) bond motifs is 1. The number of hydrogen-bond donors (Lipinski definition) is 0. The smallest absolute Gasteiger partial charge is 0.338 e. The molecule has 2 aromatic rings. The zero-order valence-corrected chi connectivity index (χ0v) is 16.3. The van der Waals surface area contributed by atoms with E-state index in [0.717, 1.165) is 0 Å². The standard InChI is InChI=1S/C22H22O6/c1-12(2)20(23)26-16-8-7-15-9-17(27-21(24)13(3)4)11-19(18(15)10-16)28-22(25)14(5)6/h7-11,14H,1,3H2,2,4-6H3. The molecule has 0 atom stereocenters. The highest BCUT2D eigenvalue weighted by molar-refractivity contribution is 5.95. The average molecular weight is 382 g/mol. The van der Waals surface area contributed by atoms with Crippen LogP contribution in [-0.4, -0.2) is 17.9 Å². The molecule has 0 amide bonds. The summed E-state index contributed by atoms with van der Waals surface area (Å²) in [4.78, 5) is 35.7. The lowest BCUT2D eigenvalue weighted by Crippen LogP contribution is -2.15. The van der Waals surface area contributed by atoms with Crippen LogP contribution in [-0.2, 0) is 14.4 Å². The van der Waals surface area contributed by atoms with Gasteiger partial charge in [-0.05, 0) is 37.4 Å². The number of carbonyl (C=O) groups is 3. The van der Waals surface area contributed by atoms with Gasteiger partial charge in [0.15, 0.2) is 0 Å². The SMILES string of the molecule is C=C(C)C(=O)Oc1cc(OC(=O)C(C)C)c2cc(OC(=O)C(=C)C)ccc2c1. The maximum atomic E-state index is 12.1. The Morgan fingerprint density at radius 2 is 1.39 bits per heavy atom. The van der Waals surface area contributed by atoms with Gasteiger partial charge in [0, 0.05) is 22.6 Å². The van der Waals surface area contributed by atoms with E-state index >= 15 is 0 Å². The summed E-state index contributed by atoms with van der Waals surface area (Å²) in [5, 5.41) is 1.16. The molecule has 146 valence electrons. The summed E-state index contributed by atoms with van der Waals surface area (Å²) in [6, 6.07) is 7.88. The molecule has 0 aromatic heterocycles. The van der Waals surface area contributed by atoms with Gasteiger partial charge in [-0.15, -0.1) is 0 Å². The molecule has 0 unspecified atom stereocenters. The van der Waals surface area contributed by atoms with Crippen molar-refractivity contribution in [1.82, 2.24) is 0 Å². The minimum absolute atomic E-state index is 0.189. The second-order valence-electron chi connectivity index (χ2n) is 6.72. The third-order valence-corrected chi connectivity index (χ3v) is 3.66. The highest BCUT2D eigenvalue weighted by atomic mass is 16.5. The van der Waals surface area contributed by atoms with Crippen LogP contribution in [0.1, 0.15) is 27.7 Å². The van der Waals surface area contributed by atoms with Crippen molar-refractivity contribution >= 4 is 28.7 Å². The van der Waals surface area contributed by atoms with Crippen LogP contribution in [0, 0.1) is 5.92 Å². The lowest BCUT2D eigenvalue weighted by Gasteiger charge is -2.13. The molecule has 0 aliphatic carbocycles. The minimum Gasteiger partial charge on any atom is -0.426 e. The fraction of sp³-hybridized carbons (Fsp3) is 0.227. The monoisotopic (exact) mass is 382 g/mol. The van der Waals surface area contributed by atoms with Gasteiger partial charge in [0.2, 0.25) is 0 Å². The largest absolute Gasteiger partial charge is 0.426 e. The van der Waals surface area contributed by atoms with Crippen LogP contribution in [0.5, 0.6) is 17.2 Å². The Morgan fingerprint density at radius 3 is 1.93 bits per heavy atom. The number of ether oxygens (including phenoxy) is 3. The first-order chi connectivity index (χ1) is 13.1. The fourth-order valence-corrected chi connectivity index (χ4v) is 2.10. The molecule has 2 rings (SSSR count). The normalized spacial score (nSPS) is 10.5. The van der Waals surface area contributed by atoms with Gasteiger partial charge >= 0.3 is 17.9 Å². The Morgan fingerprint density at radius 1 is 0.821 bits per heavy atom. The molecule has 2 aromatic carbocycles. The number of carbonyl (C=O) groups excluding carboxylic acids is 3. The van der Waals surface area contributed by atoms with E-state index in [-0.39, 0.29) is 34.3 Å². The van der Waals surface area contributed by atoms with Crippen LogP contribution in [0.25, 0.3) is 10.8 Å². The Bertz CT molecular complexity index is 984. The van der Waals surface area contributed by atoms with Gasteiger partial charge < -0.3 is 14.2 Å². The molecule has 28 heavy (non-hydrogen) atoms. The molecule has 0 aliphatic heterocycles. The van der Waals surface area contributed by atoms with E-state index in [4.69, 9.17) is 14.2 Å². The van der Waals surface area contributed by atoms with Gasteiger partial charge in [-0.2, -0.15) is 0 Å². The van der Waals surface area contributed by atoms with Crippen LogP contribution in [0.3, 0.4) is 0 Å². The first-order valence-electron chi connectivity index (χ1n) is 8.63. The zero-order chi connectivity index (χ0) is 21.0. The fourth-order valence-electron chi connectivity index (χ4n) is 2.10. The Hall–Kier alpha value is -3.41. The minimum atomic E-state index is -0.590. The van der Waals surface area contributed by atoms with Crippen molar-refractivity contribution in [2.24, 2.45) is 5.92 Å². The molecule has 0 saturated heterocycles. The van der Waals surface area contributed by atoms with Crippen LogP contribution in [0.2, 0.25) is 0 Å².